The smallest absolute Gasteiger partial charge is 0.246 e. The number of carbonyl (C=O) groups excluding carboxylic acids is 1. The van der Waals surface area contributed by atoms with Gasteiger partial charge in [-0.15, -0.1) is 0 Å². The molecule has 1 N–H and O–H groups in total. The molecular weight excluding hydrogens is 420 g/mol. The van der Waals surface area contributed by atoms with Crippen molar-refractivity contribution in [1.29, 1.82) is 0 Å². The minimum absolute atomic E-state index is 0.0875. The van der Waals surface area contributed by atoms with Crippen LogP contribution in [0.5, 0.6) is 0 Å². The van der Waals surface area contributed by atoms with Gasteiger partial charge in [0.05, 0.1) is 11.7 Å². The molecule has 7 nitrogen and oxygen atoms in total. The van der Waals surface area contributed by atoms with Gasteiger partial charge >= 0.3 is 0 Å². The van der Waals surface area contributed by atoms with E-state index < -0.39 is 16.1 Å². The van der Waals surface area contributed by atoms with Crippen molar-refractivity contribution < 1.29 is 13.2 Å². The van der Waals surface area contributed by atoms with E-state index in [2.05, 4.69) is 14.1 Å². The van der Waals surface area contributed by atoms with E-state index in [1.807, 2.05) is 18.2 Å². The van der Waals surface area contributed by atoms with Crippen LogP contribution in [0, 0.1) is 0 Å². The zero-order chi connectivity index (χ0) is 19.7. The number of benzene rings is 2. The highest BCUT2D eigenvalue weighted by Gasteiger charge is 2.40. The molecule has 1 fully saturated rings. The molecule has 28 heavy (non-hydrogen) atoms. The molecular formula is C18H17ClN4O3S2. The lowest BCUT2D eigenvalue weighted by molar-refractivity contribution is -0.124. The van der Waals surface area contributed by atoms with Crippen molar-refractivity contribution in [2.75, 3.05) is 6.54 Å². The van der Waals surface area contributed by atoms with Crippen LogP contribution in [0.3, 0.4) is 0 Å². The SMILES string of the molecule is O=C(NCc1ccccc1Cl)[C@H]1CCCN1S(=O)(=O)c1cccc2nsnc12. The second-order valence-corrected chi connectivity index (χ2v) is 9.27. The third-order valence-corrected chi connectivity index (χ3v) is 7.60. The highest BCUT2D eigenvalue weighted by atomic mass is 35.5. The lowest BCUT2D eigenvalue weighted by Gasteiger charge is -2.23. The van der Waals surface area contributed by atoms with Crippen molar-refractivity contribution in [2.24, 2.45) is 0 Å². The number of hydrogen-bond donors (Lipinski definition) is 1. The predicted octanol–water partition coefficient (Wildman–Crippen LogP) is 2.81. The number of nitrogens with zero attached hydrogens (tertiary/aromatic N) is 3. The van der Waals surface area contributed by atoms with E-state index in [0.717, 1.165) is 17.3 Å². The summed E-state index contributed by atoms with van der Waals surface area (Å²) >= 11 is 7.09. The molecule has 1 aliphatic heterocycles. The molecule has 0 saturated carbocycles. The number of rotatable bonds is 5. The van der Waals surface area contributed by atoms with Gasteiger partial charge in [-0.25, -0.2) is 8.42 Å². The molecule has 0 aliphatic carbocycles. The van der Waals surface area contributed by atoms with E-state index in [9.17, 15) is 13.2 Å². The Morgan fingerprint density at radius 2 is 2.04 bits per heavy atom. The molecule has 1 amide bonds. The summed E-state index contributed by atoms with van der Waals surface area (Å²) in [7, 11) is -3.87. The van der Waals surface area contributed by atoms with Gasteiger partial charge in [0.1, 0.15) is 22.0 Å². The van der Waals surface area contributed by atoms with E-state index >= 15 is 0 Å². The molecule has 1 saturated heterocycles. The zero-order valence-corrected chi connectivity index (χ0v) is 17.1. The lowest BCUT2D eigenvalue weighted by Crippen LogP contribution is -2.45. The number of nitrogens with one attached hydrogen (secondary N) is 1. The van der Waals surface area contributed by atoms with E-state index in [0.29, 0.717) is 35.4 Å². The molecule has 10 heteroatoms. The minimum atomic E-state index is -3.87. The minimum Gasteiger partial charge on any atom is -0.351 e. The first-order valence-corrected chi connectivity index (χ1v) is 11.3. The molecule has 4 rings (SSSR count). The van der Waals surface area contributed by atoms with Crippen molar-refractivity contribution in [3.8, 4) is 0 Å². The summed E-state index contributed by atoms with van der Waals surface area (Å²) in [4.78, 5) is 12.8. The van der Waals surface area contributed by atoms with Gasteiger partial charge < -0.3 is 5.32 Å². The quantitative estimate of drug-likeness (QED) is 0.663. The molecule has 0 unspecified atom stereocenters. The normalized spacial score (nSPS) is 17.8. The monoisotopic (exact) mass is 436 g/mol. The topological polar surface area (TPSA) is 92.3 Å². The Kier molecular flexibility index (Phi) is 5.33. The highest BCUT2D eigenvalue weighted by molar-refractivity contribution is 7.89. The van der Waals surface area contributed by atoms with Gasteiger partial charge in [-0.2, -0.15) is 13.1 Å². The van der Waals surface area contributed by atoms with Gasteiger partial charge in [0.25, 0.3) is 0 Å². The average Bonchev–Trinajstić information content (AvgIpc) is 3.36. The van der Waals surface area contributed by atoms with Crippen LogP contribution in [0.25, 0.3) is 11.0 Å². The van der Waals surface area contributed by atoms with Gasteiger partial charge in [0.2, 0.25) is 15.9 Å². The van der Waals surface area contributed by atoms with Gasteiger partial charge in [-0.3, -0.25) is 4.79 Å². The Bertz CT molecular complexity index is 1130. The summed E-state index contributed by atoms with van der Waals surface area (Å²) < 4.78 is 36.0. The van der Waals surface area contributed by atoms with Crippen molar-refractivity contribution in [1.82, 2.24) is 18.4 Å². The van der Waals surface area contributed by atoms with Gasteiger partial charge in [-0.05, 0) is 36.6 Å². The Balaban J connectivity index is 1.56. The molecule has 1 aliphatic rings. The Labute approximate surface area is 171 Å². The van der Waals surface area contributed by atoms with Crippen molar-refractivity contribution >= 4 is 50.3 Å². The second kappa shape index (κ2) is 7.75. The summed E-state index contributed by atoms with van der Waals surface area (Å²) in [5.41, 5.74) is 1.66. The Hall–Kier alpha value is -2.07. The fourth-order valence-corrected chi connectivity index (χ4v) is 5.96. The fourth-order valence-electron chi connectivity index (χ4n) is 3.35. The molecule has 2 aromatic carbocycles. The Morgan fingerprint density at radius 3 is 2.86 bits per heavy atom. The molecule has 146 valence electrons. The number of hydrogen-bond acceptors (Lipinski definition) is 6. The summed E-state index contributed by atoms with van der Waals surface area (Å²) in [5.74, 6) is -0.329. The van der Waals surface area contributed by atoms with E-state index in [-0.39, 0.29) is 17.3 Å². The number of amides is 1. The first-order chi connectivity index (χ1) is 13.5. The maximum atomic E-state index is 13.3. The predicted molar refractivity (Wildman–Crippen MR) is 108 cm³/mol. The number of fused-ring (bicyclic) bond motifs is 1. The molecule has 3 aromatic rings. The van der Waals surface area contributed by atoms with Crippen molar-refractivity contribution in [3.63, 3.8) is 0 Å². The van der Waals surface area contributed by atoms with Gasteiger partial charge in [0, 0.05) is 18.1 Å². The first-order valence-electron chi connectivity index (χ1n) is 8.73. The summed E-state index contributed by atoms with van der Waals surface area (Å²) in [6, 6.07) is 11.3. The van der Waals surface area contributed by atoms with Crippen LogP contribution >= 0.6 is 23.3 Å². The maximum absolute atomic E-state index is 13.3. The van der Waals surface area contributed by atoms with Crippen LogP contribution in [0.2, 0.25) is 5.02 Å². The number of halogens is 1. The van der Waals surface area contributed by atoms with E-state index in [1.165, 1.54) is 10.4 Å². The van der Waals surface area contributed by atoms with Crippen LogP contribution in [0.4, 0.5) is 0 Å². The summed E-state index contributed by atoms with van der Waals surface area (Å²) in [6.07, 6.45) is 1.09. The lowest BCUT2D eigenvalue weighted by atomic mass is 10.2. The number of aromatic nitrogens is 2. The van der Waals surface area contributed by atoms with Crippen LogP contribution < -0.4 is 5.32 Å². The fraction of sp³-hybridized carbons (Fsp3) is 0.278. The largest absolute Gasteiger partial charge is 0.351 e. The first kappa shape index (κ1) is 19.3. The standard InChI is InChI=1S/C18H17ClN4O3S2/c19-13-6-2-1-5-12(13)11-20-18(24)15-8-4-10-23(15)28(25,26)16-9-3-7-14-17(16)22-27-21-14/h1-3,5-7,9,15H,4,8,10-11H2,(H,20,24)/t15-/m1/s1. The molecule has 1 aromatic heterocycles. The molecule has 0 radical (unpaired) electrons. The average molecular weight is 437 g/mol. The highest BCUT2D eigenvalue weighted by Crippen LogP contribution is 2.30. The maximum Gasteiger partial charge on any atom is 0.246 e. The van der Waals surface area contributed by atoms with Crippen LogP contribution in [-0.4, -0.2) is 40.0 Å². The van der Waals surface area contributed by atoms with Crippen molar-refractivity contribution in [2.45, 2.75) is 30.3 Å². The van der Waals surface area contributed by atoms with Crippen molar-refractivity contribution in [3.05, 3.63) is 53.1 Å². The molecule has 2 heterocycles. The van der Waals surface area contributed by atoms with Crippen LogP contribution in [-0.2, 0) is 21.4 Å². The van der Waals surface area contributed by atoms with E-state index in [4.69, 9.17) is 11.6 Å². The van der Waals surface area contributed by atoms with Crippen LogP contribution in [0.1, 0.15) is 18.4 Å². The summed E-state index contributed by atoms with van der Waals surface area (Å²) in [6.45, 7) is 0.537. The Morgan fingerprint density at radius 1 is 1.21 bits per heavy atom. The number of carbonyl (C=O) groups is 1. The number of sulfonamides is 1. The van der Waals surface area contributed by atoms with E-state index in [1.54, 1.807) is 18.2 Å². The third-order valence-electron chi connectivity index (χ3n) is 4.75. The van der Waals surface area contributed by atoms with Gasteiger partial charge in [0.15, 0.2) is 0 Å². The molecule has 1 atom stereocenters. The zero-order valence-electron chi connectivity index (χ0n) is 14.7. The third kappa shape index (κ3) is 3.50. The van der Waals surface area contributed by atoms with Crippen LogP contribution in [0.15, 0.2) is 47.4 Å². The summed E-state index contributed by atoms with van der Waals surface area (Å²) in [5, 5.41) is 3.37. The van der Waals surface area contributed by atoms with Gasteiger partial charge in [-0.1, -0.05) is 35.9 Å². The molecule has 0 spiro atoms. The molecule has 0 bridgehead atoms. The second-order valence-electron chi connectivity index (χ2n) is 6.47.